The van der Waals surface area contributed by atoms with Gasteiger partial charge in [-0.1, -0.05) is 23.7 Å². The fraction of sp³-hybridized carbons (Fsp3) is 0.0556. The van der Waals surface area contributed by atoms with Gasteiger partial charge in [0, 0.05) is 17.3 Å². The lowest BCUT2D eigenvalue weighted by Crippen LogP contribution is -2.10. The molecule has 3 rings (SSSR count). The van der Waals surface area contributed by atoms with Crippen LogP contribution in [0.15, 0.2) is 61.1 Å². The molecule has 0 amide bonds. The van der Waals surface area contributed by atoms with Crippen molar-refractivity contribution in [2.75, 3.05) is 7.11 Å². The molecule has 5 nitrogen and oxygen atoms in total. The summed E-state index contributed by atoms with van der Waals surface area (Å²) in [4.78, 5) is 19.8. The highest BCUT2D eigenvalue weighted by Crippen LogP contribution is 2.30. The second kappa shape index (κ2) is 7.10. The van der Waals surface area contributed by atoms with E-state index in [2.05, 4.69) is 9.97 Å². The van der Waals surface area contributed by atoms with Crippen LogP contribution in [0, 0.1) is 0 Å². The van der Waals surface area contributed by atoms with Crippen LogP contribution < -0.4 is 9.47 Å². The lowest BCUT2D eigenvalue weighted by atomic mass is 10.1. The standard InChI is InChI=1S/C18H13ClN2O3/c1-23-15-8-13(12-2-4-14(19)5-3-12)9-16(10-15)24-18(22)17-6-7-20-11-21-17/h2-11H,1H3. The SMILES string of the molecule is COc1cc(OC(=O)c2ccncn2)cc(-c2ccc(Cl)cc2)c1. The fourth-order valence-electron chi connectivity index (χ4n) is 2.13. The molecule has 0 bridgehead atoms. The number of hydrogen-bond acceptors (Lipinski definition) is 5. The summed E-state index contributed by atoms with van der Waals surface area (Å²) in [5.41, 5.74) is 1.95. The average Bonchev–Trinajstić information content (AvgIpc) is 2.62. The van der Waals surface area contributed by atoms with Crippen molar-refractivity contribution in [1.29, 1.82) is 0 Å². The molecular weight excluding hydrogens is 328 g/mol. The summed E-state index contributed by atoms with van der Waals surface area (Å²) in [6.45, 7) is 0. The van der Waals surface area contributed by atoms with Gasteiger partial charge >= 0.3 is 5.97 Å². The summed E-state index contributed by atoms with van der Waals surface area (Å²) in [7, 11) is 1.55. The van der Waals surface area contributed by atoms with Crippen molar-refractivity contribution in [3.05, 3.63) is 71.8 Å². The number of carbonyl (C=O) groups excluding carboxylic acids is 1. The van der Waals surface area contributed by atoms with Crippen LogP contribution in [0.2, 0.25) is 5.02 Å². The Morgan fingerprint density at radius 1 is 1.00 bits per heavy atom. The Labute approximate surface area is 143 Å². The van der Waals surface area contributed by atoms with Crippen molar-refractivity contribution in [1.82, 2.24) is 9.97 Å². The van der Waals surface area contributed by atoms with Crippen LogP contribution in [0.25, 0.3) is 11.1 Å². The fourth-order valence-corrected chi connectivity index (χ4v) is 2.25. The van der Waals surface area contributed by atoms with Crippen LogP contribution in [0.3, 0.4) is 0 Å². The number of carbonyl (C=O) groups is 1. The van der Waals surface area contributed by atoms with Gasteiger partial charge in [-0.25, -0.2) is 14.8 Å². The second-order valence-corrected chi connectivity index (χ2v) is 5.32. The maximum Gasteiger partial charge on any atom is 0.362 e. The Morgan fingerprint density at radius 2 is 1.75 bits per heavy atom. The lowest BCUT2D eigenvalue weighted by molar-refractivity contribution is 0.0728. The number of esters is 1. The average molecular weight is 341 g/mol. The molecular formula is C18H13ClN2O3. The number of methoxy groups -OCH3 is 1. The Morgan fingerprint density at radius 3 is 2.42 bits per heavy atom. The van der Waals surface area contributed by atoms with Crippen molar-refractivity contribution in [2.24, 2.45) is 0 Å². The molecule has 6 heteroatoms. The number of ether oxygens (including phenoxy) is 2. The van der Waals surface area contributed by atoms with Gasteiger partial charge in [0.15, 0.2) is 5.69 Å². The van der Waals surface area contributed by atoms with Crippen molar-refractivity contribution in [3.63, 3.8) is 0 Å². The van der Waals surface area contributed by atoms with E-state index >= 15 is 0 Å². The van der Waals surface area contributed by atoms with E-state index in [-0.39, 0.29) is 5.69 Å². The predicted octanol–water partition coefficient (Wildman–Crippen LogP) is 4.02. The van der Waals surface area contributed by atoms with Gasteiger partial charge in [-0.2, -0.15) is 0 Å². The van der Waals surface area contributed by atoms with Crippen molar-refractivity contribution in [3.8, 4) is 22.6 Å². The molecule has 120 valence electrons. The van der Waals surface area contributed by atoms with E-state index in [0.717, 1.165) is 11.1 Å². The van der Waals surface area contributed by atoms with E-state index in [4.69, 9.17) is 21.1 Å². The first-order chi connectivity index (χ1) is 11.7. The van der Waals surface area contributed by atoms with Crippen molar-refractivity contribution in [2.45, 2.75) is 0 Å². The summed E-state index contributed by atoms with van der Waals surface area (Å²) in [5.74, 6) is 0.378. The summed E-state index contributed by atoms with van der Waals surface area (Å²) >= 11 is 5.92. The van der Waals surface area contributed by atoms with Crippen molar-refractivity contribution < 1.29 is 14.3 Å². The van der Waals surface area contributed by atoms with E-state index in [1.165, 1.54) is 18.6 Å². The largest absolute Gasteiger partial charge is 0.497 e. The Bertz CT molecular complexity index is 852. The molecule has 3 aromatic rings. The zero-order valence-electron chi connectivity index (χ0n) is 12.8. The highest BCUT2D eigenvalue weighted by Gasteiger charge is 2.12. The third kappa shape index (κ3) is 3.70. The first kappa shape index (κ1) is 16.0. The van der Waals surface area contributed by atoms with E-state index in [1.807, 2.05) is 18.2 Å². The predicted molar refractivity (Wildman–Crippen MR) is 90.4 cm³/mol. The van der Waals surface area contributed by atoms with Crippen LogP contribution >= 0.6 is 11.6 Å². The summed E-state index contributed by atoms with van der Waals surface area (Å²) in [6.07, 6.45) is 2.77. The first-order valence-corrected chi connectivity index (χ1v) is 7.47. The molecule has 0 N–H and O–H groups in total. The van der Waals surface area contributed by atoms with E-state index in [1.54, 1.807) is 31.4 Å². The lowest BCUT2D eigenvalue weighted by Gasteiger charge is -2.10. The Kier molecular flexibility index (Phi) is 4.72. The molecule has 0 atom stereocenters. The maximum atomic E-state index is 12.1. The highest BCUT2D eigenvalue weighted by atomic mass is 35.5. The third-order valence-corrected chi connectivity index (χ3v) is 3.55. The zero-order chi connectivity index (χ0) is 16.9. The highest BCUT2D eigenvalue weighted by molar-refractivity contribution is 6.30. The third-order valence-electron chi connectivity index (χ3n) is 3.29. The maximum absolute atomic E-state index is 12.1. The number of nitrogens with zero attached hydrogens (tertiary/aromatic N) is 2. The van der Waals surface area contributed by atoms with Crippen LogP contribution in [-0.4, -0.2) is 23.0 Å². The number of hydrogen-bond donors (Lipinski definition) is 0. The molecule has 0 radical (unpaired) electrons. The molecule has 0 fully saturated rings. The van der Waals surface area contributed by atoms with Gasteiger partial charge in [0.2, 0.25) is 0 Å². The van der Waals surface area contributed by atoms with Crippen molar-refractivity contribution >= 4 is 17.6 Å². The van der Waals surface area contributed by atoms with Crippen LogP contribution in [0.1, 0.15) is 10.5 Å². The zero-order valence-corrected chi connectivity index (χ0v) is 13.5. The molecule has 0 aliphatic carbocycles. The molecule has 0 unspecified atom stereocenters. The van der Waals surface area contributed by atoms with E-state index in [0.29, 0.717) is 16.5 Å². The van der Waals surface area contributed by atoms with Gasteiger partial charge < -0.3 is 9.47 Å². The molecule has 0 saturated heterocycles. The smallest absolute Gasteiger partial charge is 0.362 e. The van der Waals surface area contributed by atoms with Gasteiger partial charge in [0.05, 0.1) is 7.11 Å². The molecule has 0 spiro atoms. The van der Waals surface area contributed by atoms with Gasteiger partial charge in [-0.3, -0.25) is 0 Å². The van der Waals surface area contributed by atoms with Gasteiger partial charge in [-0.15, -0.1) is 0 Å². The summed E-state index contributed by atoms with van der Waals surface area (Å²) in [6, 6.07) is 14.1. The quantitative estimate of drug-likeness (QED) is 0.530. The number of benzene rings is 2. The monoisotopic (exact) mass is 340 g/mol. The van der Waals surface area contributed by atoms with Crippen LogP contribution in [0.5, 0.6) is 11.5 Å². The minimum Gasteiger partial charge on any atom is -0.497 e. The van der Waals surface area contributed by atoms with Crippen LogP contribution in [-0.2, 0) is 0 Å². The van der Waals surface area contributed by atoms with E-state index < -0.39 is 5.97 Å². The van der Waals surface area contributed by atoms with E-state index in [9.17, 15) is 4.79 Å². The minimum atomic E-state index is -0.562. The molecule has 0 saturated carbocycles. The molecule has 0 aliphatic heterocycles. The van der Waals surface area contributed by atoms with Gasteiger partial charge in [0.25, 0.3) is 0 Å². The minimum absolute atomic E-state index is 0.181. The van der Waals surface area contributed by atoms with Gasteiger partial charge in [-0.05, 0) is 41.5 Å². The molecule has 1 aromatic heterocycles. The first-order valence-electron chi connectivity index (χ1n) is 7.09. The van der Waals surface area contributed by atoms with Crippen LogP contribution in [0.4, 0.5) is 0 Å². The summed E-state index contributed by atoms with van der Waals surface area (Å²) < 4.78 is 10.7. The van der Waals surface area contributed by atoms with Gasteiger partial charge in [0.1, 0.15) is 17.8 Å². The summed E-state index contributed by atoms with van der Waals surface area (Å²) in [5, 5.41) is 0.650. The second-order valence-electron chi connectivity index (χ2n) is 4.89. The molecule has 2 aromatic carbocycles. The Hall–Kier alpha value is -2.92. The molecule has 1 heterocycles. The number of aromatic nitrogens is 2. The topological polar surface area (TPSA) is 61.3 Å². The molecule has 24 heavy (non-hydrogen) atoms. The molecule has 0 aliphatic rings. The Balaban J connectivity index is 1.92. The number of halogens is 1. The number of rotatable bonds is 4. The normalized spacial score (nSPS) is 10.2.